The summed E-state index contributed by atoms with van der Waals surface area (Å²) < 4.78 is 25.8. The van der Waals surface area contributed by atoms with Crippen molar-refractivity contribution < 1.29 is 13.2 Å². The van der Waals surface area contributed by atoms with Crippen LogP contribution in [0.2, 0.25) is 5.02 Å². The van der Waals surface area contributed by atoms with E-state index >= 15 is 0 Å². The van der Waals surface area contributed by atoms with E-state index in [4.69, 9.17) is 11.6 Å². The average Bonchev–Trinajstić information content (AvgIpc) is 3.21. The lowest BCUT2D eigenvalue weighted by molar-refractivity contribution is 0.0793. The van der Waals surface area contributed by atoms with E-state index in [1.165, 1.54) is 18.4 Å². The van der Waals surface area contributed by atoms with Crippen LogP contribution in [0.25, 0.3) is 0 Å². The Morgan fingerprint density at radius 1 is 1.14 bits per heavy atom. The van der Waals surface area contributed by atoms with Gasteiger partial charge in [-0.1, -0.05) is 23.7 Å². The second kappa shape index (κ2) is 8.51. The quantitative estimate of drug-likeness (QED) is 0.775. The Morgan fingerprint density at radius 2 is 1.86 bits per heavy atom. The van der Waals surface area contributed by atoms with Crippen LogP contribution in [-0.4, -0.2) is 50.7 Å². The van der Waals surface area contributed by atoms with Crippen molar-refractivity contribution in [1.29, 1.82) is 0 Å². The number of carbonyl (C=O) groups excluding carboxylic acids is 1. The fourth-order valence-electron chi connectivity index (χ4n) is 3.16. The normalized spacial score (nSPS) is 14.5. The van der Waals surface area contributed by atoms with E-state index in [9.17, 15) is 13.2 Å². The third-order valence-electron chi connectivity index (χ3n) is 4.77. The Hall–Kier alpha value is -2.09. The number of benzene rings is 2. The minimum atomic E-state index is -3.50. The molecule has 0 radical (unpaired) electrons. The molecule has 1 amide bonds. The molecule has 0 saturated carbocycles. The molecule has 0 atom stereocenters. The largest absolute Gasteiger partial charge is 0.380 e. The number of carbonyl (C=O) groups is 1. The molecular weight excluding hydrogens is 398 g/mol. The molecule has 1 aliphatic heterocycles. The van der Waals surface area contributed by atoms with Gasteiger partial charge in [0.2, 0.25) is 10.0 Å². The van der Waals surface area contributed by atoms with E-state index in [0.29, 0.717) is 22.8 Å². The molecule has 2 aromatic carbocycles. The molecule has 28 heavy (non-hydrogen) atoms. The van der Waals surface area contributed by atoms with Crippen LogP contribution in [-0.2, 0) is 16.6 Å². The van der Waals surface area contributed by atoms with Gasteiger partial charge in [0.15, 0.2) is 0 Å². The van der Waals surface area contributed by atoms with Crippen LogP contribution in [0.4, 0.5) is 5.69 Å². The lowest BCUT2D eigenvalue weighted by atomic mass is 10.1. The maximum atomic E-state index is 12.8. The molecule has 1 N–H and O–H groups in total. The highest BCUT2D eigenvalue weighted by Gasteiger charge is 2.22. The zero-order chi connectivity index (χ0) is 20.3. The maximum Gasteiger partial charge on any atom is 0.255 e. The Bertz CT molecular complexity index is 970. The molecule has 1 fully saturated rings. The molecule has 0 unspecified atom stereocenters. The first-order chi connectivity index (χ1) is 13.3. The molecule has 0 bridgehead atoms. The second-order valence-electron chi connectivity index (χ2n) is 6.98. The SMILES string of the molecule is CN(C)S(=O)(=O)c1cccc(CNc2cc(Cl)ccc2C(=O)N2CCCC2)c1. The van der Waals surface area contributed by atoms with Crippen molar-refractivity contribution in [2.24, 2.45) is 0 Å². The minimum Gasteiger partial charge on any atom is -0.380 e. The van der Waals surface area contributed by atoms with Gasteiger partial charge in [-0.25, -0.2) is 12.7 Å². The molecule has 1 aliphatic rings. The summed E-state index contributed by atoms with van der Waals surface area (Å²) in [6.07, 6.45) is 2.05. The van der Waals surface area contributed by atoms with Gasteiger partial charge in [0.1, 0.15) is 0 Å². The highest BCUT2D eigenvalue weighted by atomic mass is 35.5. The van der Waals surface area contributed by atoms with E-state index in [2.05, 4.69) is 5.32 Å². The number of rotatable bonds is 6. The van der Waals surface area contributed by atoms with Crippen LogP contribution in [0, 0.1) is 0 Å². The lowest BCUT2D eigenvalue weighted by Gasteiger charge is -2.19. The van der Waals surface area contributed by atoms with E-state index in [1.807, 2.05) is 11.0 Å². The summed E-state index contributed by atoms with van der Waals surface area (Å²) in [6, 6.07) is 11.9. The van der Waals surface area contributed by atoms with E-state index in [1.54, 1.807) is 36.4 Å². The third kappa shape index (κ3) is 4.48. The fourth-order valence-corrected chi connectivity index (χ4v) is 4.31. The number of halogens is 1. The molecule has 0 aliphatic carbocycles. The van der Waals surface area contributed by atoms with Crippen LogP contribution in [0.1, 0.15) is 28.8 Å². The molecule has 8 heteroatoms. The number of hydrogen-bond donors (Lipinski definition) is 1. The van der Waals surface area contributed by atoms with Crippen molar-refractivity contribution in [1.82, 2.24) is 9.21 Å². The average molecular weight is 422 g/mol. The van der Waals surface area contributed by atoms with Crippen LogP contribution in [0.3, 0.4) is 0 Å². The van der Waals surface area contributed by atoms with Crippen LogP contribution in [0.15, 0.2) is 47.4 Å². The minimum absolute atomic E-state index is 0.0133. The zero-order valence-electron chi connectivity index (χ0n) is 16.0. The van der Waals surface area contributed by atoms with Gasteiger partial charge in [0.05, 0.1) is 10.5 Å². The van der Waals surface area contributed by atoms with Gasteiger partial charge >= 0.3 is 0 Å². The topological polar surface area (TPSA) is 69.7 Å². The van der Waals surface area contributed by atoms with E-state index in [0.717, 1.165) is 31.5 Å². The van der Waals surface area contributed by atoms with Gasteiger partial charge in [-0.15, -0.1) is 0 Å². The molecule has 150 valence electrons. The second-order valence-corrected chi connectivity index (χ2v) is 9.57. The van der Waals surface area contributed by atoms with Crippen LogP contribution < -0.4 is 5.32 Å². The summed E-state index contributed by atoms with van der Waals surface area (Å²) in [7, 11) is -0.493. The molecule has 3 rings (SSSR count). The summed E-state index contributed by atoms with van der Waals surface area (Å²) in [6.45, 7) is 1.91. The highest BCUT2D eigenvalue weighted by Crippen LogP contribution is 2.25. The third-order valence-corrected chi connectivity index (χ3v) is 6.81. The van der Waals surface area contributed by atoms with E-state index < -0.39 is 10.0 Å². The van der Waals surface area contributed by atoms with Gasteiger partial charge in [0.25, 0.3) is 5.91 Å². The summed E-state index contributed by atoms with van der Waals surface area (Å²) in [5.74, 6) is -0.0133. The Kier molecular flexibility index (Phi) is 6.27. The highest BCUT2D eigenvalue weighted by molar-refractivity contribution is 7.89. The first-order valence-corrected chi connectivity index (χ1v) is 10.9. The van der Waals surface area contributed by atoms with Gasteiger partial charge in [0, 0.05) is 44.4 Å². The molecule has 1 heterocycles. The smallest absolute Gasteiger partial charge is 0.255 e. The first-order valence-electron chi connectivity index (χ1n) is 9.13. The fraction of sp³-hybridized carbons (Fsp3) is 0.350. The van der Waals surface area contributed by atoms with Crippen molar-refractivity contribution in [3.63, 3.8) is 0 Å². The maximum absolute atomic E-state index is 12.8. The predicted molar refractivity (Wildman–Crippen MR) is 111 cm³/mol. The number of anilines is 1. The van der Waals surface area contributed by atoms with Crippen molar-refractivity contribution in [3.8, 4) is 0 Å². The summed E-state index contributed by atoms with van der Waals surface area (Å²) in [4.78, 5) is 14.9. The molecular formula is C20H24ClN3O3S. The monoisotopic (exact) mass is 421 g/mol. The summed E-state index contributed by atoms with van der Waals surface area (Å²) in [5.41, 5.74) is 2.01. The molecule has 6 nitrogen and oxygen atoms in total. The van der Waals surface area contributed by atoms with Crippen molar-refractivity contribution in [2.45, 2.75) is 24.3 Å². The number of amides is 1. The van der Waals surface area contributed by atoms with Crippen molar-refractivity contribution in [3.05, 3.63) is 58.6 Å². The molecule has 1 saturated heterocycles. The van der Waals surface area contributed by atoms with Crippen molar-refractivity contribution >= 4 is 33.2 Å². The predicted octanol–water partition coefficient (Wildman–Crippen LogP) is 3.44. The van der Waals surface area contributed by atoms with Gasteiger partial charge in [-0.3, -0.25) is 4.79 Å². The van der Waals surface area contributed by atoms with Gasteiger partial charge in [-0.2, -0.15) is 0 Å². The standard InChI is InChI=1S/C20H24ClN3O3S/c1-23(2)28(26,27)17-7-5-6-15(12-17)14-22-19-13-16(21)8-9-18(19)20(25)24-10-3-4-11-24/h5-9,12-13,22H,3-4,10-11,14H2,1-2H3. The number of hydrogen-bond acceptors (Lipinski definition) is 4. The Balaban J connectivity index is 1.81. The lowest BCUT2D eigenvalue weighted by Crippen LogP contribution is -2.28. The van der Waals surface area contributed by atoms with Gasteiger partial charge < -0.3 is 10.2 Å². The van der Waals surface area contributed by atoms with Crippen molar-refractivity contribution in [2.75, 3.05) is 32.5 Å². The van der Waals surface area contributed by atoms with Crippen LogP contribution >= 0.6 is 11.6 Å². The van der Waals surface area contributed by atoms with Crippen LogP contribution in [0.5, 0.6) is 0 Å². The van der Waals surface area contributed by atoms with E-state index in [-0.39, 0.29) is 10.8 Å². The number of nitrogens with one attached hydrogen (secondary N) is 1. The molecule has 0 spiro atoms. The molecule has 2 aromatic rings. The van der Waals surface area contributed by atoms with Gasteiger partial charge in [-0.05, 0) is 48.7 Å². The zero-order valence-corrected chi connectivity index (χ0v) is 17.6. The number of nitrogens with zero attached hydrogens (tertiary/aromatic N) is 2. The number of sulfonamides is 1. The molecule has 0 aromatic heterocycles. The first kappa shape index (κ1) is 20.6. The Morgan fingerprint density at radius 3 is 2.54 bits per heavy atom. The Labute approximate surface area is 171 Å². The summed E-state index contributed by atoms with van der Waals surface area (Å²) >= 11 is 6.13. The number of likely N-dealkylation sites (tertiary alicyclic amines) is 1. The summed E-state index contributed by atoms with van der Waals surface area (Å²) in [5, 5.41) is 3.77.